The minimum Gasteiger partial charge on any atom is -0.475 e. The van der Waals surface area contributed by atoms with E-state index in [4.69, 9.17) is 9.47 Å². The number of rotatable bonds is 7. The van der Waals surface area contributed by atoms with E-state index in [0.29, 0.717) is 44.2 Å². The Labute approximate surface area is 320 Å². The van der Waals surface area contributed by atoms with Gasteiger partial charge in [0.15, 0.2) is 0 Å². The standard InChI is InChI=1S/C40H50F3N5O6S/c1-24-10-8-11-25(2)32(24)15-14-27-17-33-46-35(44-27)47-55(51,52)31-13-9-12-26(16-31)34(49)48(30(23-53-33)20-38(6,7)40(41,42)43)29-21-39(22-29)18-28(19-39)45-36(50)54-37(3,4)5/h8-13,16-17,28-30H,14-15,18-23H2,1-7H3,(H,45,50)(H,44,46,47)/t28?,29?,30-,39?/m1/s1. The summed E-state index contributed by atoms with van der Waals surface area (Å²) in [5.74, 6) is -0.885. The zero-order valence-corrected chi connectivity index (χ0v) is 33.2. The Morgan fingerprint density at radius 3 is 2.27 bits per heavy atom. The summed E-state index contributed by atoms with van der Waals surface area (Å²) in [6.07, 6.45) is -2.36. The van der Waals surface area contributed by atoms with Crippen molar-refractivity contribution in [3.05, 3.63) is 76.5 Å². The van der Waals surface area contributed by atoms with Crippen LogP contribution in [0.15, 0.2) is 53.4 Å². The molecule has 2 N–H and O–H groups in total. The fourth-order valence-corrected chi connectivity index (χ4v) is 9.12. The lowest BCUT2D eigenvalue weighted by atomic mass is 9.51. The number of nitrogens with zero attached hydrogens (tertiary/aromatic N) is 3. The van der Waals surface area contributed by atoms with Crippen LogP contribution in [0.2, 0.25) is 0 Å². The van der Waals surface area contributed by atoms with Gasteiger partial charge in [-0.15, -0.1) is 0 Å². The van der Waals surface area contributed by atoms with Crippen molar-refractivity contribution in [1.82, 2.24) is 20.2 Å². The Bertz CT molecular complexity index is 2030. The first kappa shape index (κ1) is 40.3. The molecule has 2 saturated carbocycles. The summed E-state index contributed by atoms with van der Waals surface area (Å²) in [7, 11) is -4.31. The van der Waals surface area contributed by atoms with Gasteiger partial charge < -0.3 is 19.7 Å². The molecule has 1 aromatic heterocycles. The molecule has 4 bridgehead atoms. The molecule has 6 rings (SSSR count). The number of ether oxygens (including phenoxy) is 2. The summed E-state index contributed by atoms with van der Waals surface area (Å²) < 4.78 is 85.0. The molecule has 11 nitrogen and oxygen atoms in total. The molecule has 0 radical (unpaired) electrons. The third-order valence-electron chi connectivity index (χ3n) is 11.0. The monoisotopic (exact) mass is 785 g/mol. The Morgan fingerprint density at radius 1 is 0.982 bits per heavy atom. The number of alkyl carbamates (subject to hydrolysis) is 1. The van der Waals surface area contributed by atoms with Crippen LogP contribution in [-0.4, -0.2) is 71.8 Å². The van der Waals surface area contributed by atoms with Crippen LogP contribution in [-0.2, 0) is 27.6 Å². The van der Waals surface area contributed by atoms with Gasteiger partial charge in [0.05, 0.1) is 22.0 Å². The maximum absolute atomic E-state index is 14.6. The first-order valence-corrected chi connectivity index (χ1v) is 20.1. The minimum atomic E-state index is -4.60. The van der Waals surface area contributed by atoms with E-state index in [9.17, 15) is 31.2 Å². The van der Waals surface area contributed by atoms with Crippen molar-refractivity contribution >= 4 is 28.0 Å². The van der Waals surface area contributed by atoms with Gasteiger partial charge in [-0.05, 0) is 120 Å². The number of carbonyl (C=O) groups excluding carboxylic acids is 2. The first-order valence-electron chi connectivity index (χ1n) is 18.6. The predicted molar refractivity (Wildman–Crippen MR) is 200 cm³/mol. The molecule has 1 aliphatic heterocycles. The van der Waals surface area contributed by atoms with E-state index in [-0.39, 0.29) is 40.4 Å². The van der Waals surface area contributed by atoms with E-state index in [1.165, 1.54) is 29.2 Å². The van der Waals surface area contributed by atoms with Crippen LogP contribution in [0.3, 0.4) is 0 Å². The number of carbonyl (C=O) groups is 2. The number of aromatic nitrogens is 2. The van der Waals surface area contributed by atoms with E-state index in [2.05, 4.69) is 20.0 Å². The van der Waals surface area contributed by atoms with Gasteiger partial charge in [-0.3, -0.25) is 4.79 Å². The lowest BCUT2D eigenvalue weighted by Crippen LogP contribution is -2.64. The number of anilines is 1. The highest BCUT2D eigenvalue weighted by molar-refractivity contribution is 7.92. The molecule has 298 valence electrons. The van der Waals surface area contributed by atoms with Gasteiger partial charge >= 0.3 is 12.3 Å². The number of hydrogen-bond donors (Lipinski definition) is 2. The highest BCUT2D eigenvalue weighted by Crippen LogP contribution is 2.58. The van der Waals surface area contributed by atoms with Crippen LogP contribution in [0.5, 0.6) is 5.88 Å². The number of sulfonamides is 1. The molecule has 0 saturated heterocycles. The first-order chi connectivity index (χ1) is 25.5. The van der Waals surface area contributed by atoms with Crippen molar-refractivity contribution in [3.8, 4) is 5.88 Å². The maximum atomic E-state index is 14.6. The number of benzene rings is 2. The van der Waals surface area contributed by atoms with Crippen LogP contribution in [0.25, 0.3) is 0 Å². The van der Waals surface area contributed by atoms with Crippen molar-refractivity contribution in [2.75, 3.05) is 11.3 Å². The zero-order valence-electron chi connectivity index (χ0n) is 32.3. The molecule has 15 heteroatoms. The second-order valence-corrected chi connectivity index (χ2v) is 18.8. The minimum absolute atomic E-state index is 0.0119. The lowest BCUT2D eigenvalue weighted by molar-refractivity contribution is -0.219. The van der Waals surface area contributed by atoms with Crippen molar-refractivity contribution in [1.29, 1.82) is 0 Å². The molecule has 2 heterocycles. The molecule has 0 unspecified atom stereocenters. The van der Waals surface area contributed by atoms with Gasteiger partial charge in [0, 0.05) is 23.7 Å². The third-order valence-corrected chi connectivity index (χ3v) is 12.3. The molecule has 1 atom stereocenters. The number of halogens is 3. The molecule has 2 fully saturated rings. The predicted octanol–water partition coefficient (Wildman–Crippen LogP) is 7.70. The van der Waals surface area contributed by atoms with E-state index in [0.717, 1.165) is 30.5 Å². The molecular formula is C40H50F3N5O6S. The second-order valence-electron chi connectivity index (χ2n) is 17.1. The lowest BCUT2D eigenvalue weighted by Gasteiger charge is -2.61. The quantitative estimate of drug-likeness (QED) is 0.249. The van der Waals surface area contributed by atoms with Crippen LogP contribution < -0.4 is 14.8 Å². The third kappa shape index (κ3) is 9.02. The average Bonchev–Trinajstić information content (AvgIpc) is 3.02. The molecule has 2 amide bonds. The van der Waals surface area contributed by atoms with Crippen molar-refractivity contribution in [3.63, 3.8) is 0 Å². The molecule has 55 heavy (non-hydrogen) atoms. The number of aryl methyl sites for hydroxylation is 3. The van der Waals surface area contributed by atoms with Crippen molar-refractivity contribution in [2.45, 2.75) is 128 Å². The van der Waals surface area contributed by atoms with Crippen LogP contribution in [0.4, 0.5) is 23.9 Å². The topological polar surface area (TPSA) is 140 Å². The summed E-state index contributed by atoms with van der Waals surface area (Å²) in [6, 6.07) is 11.3. The summed E-state index contributed by atoms with van der Waals surface area (Å²) in [4.78, 5) is 37.0. The van der Waals surface area contributed by atoms with Crippen molar-refractivity contribution in [2.24, 2.45) is 10.8 Å². The van der Waals surface area contributed by atoms with Gasteiger partial charge in [-0.2, -0.15) is 18.2 Å². The number of hydrogen-bond acceptors (Lipinski definition) is 8. The number of fused-ring (bicyclic) bond motifs is 4. The highest BCUT2D eigenvalue weighted by atomic mass is 32.2. The van der Waals surface area contributed by atoms with Gasteiger partial charge in [0.2, 0.25) is 11.8 Å². The fourth-order valence-electron chi connectivity index (χ4n) is 8.13. The summed E-state index contributed by atoms with van der Waals surface area (Å²) >= 11 is 0. The molecule has 2 aliphatic carbocycles. The molecule has 2 aromatic carbocycles. The van der Waals surface area contributed by atoms with Crippen LogP contribution in [0.1, 0.15) is 99.5 Å². The largest absolute Gasteiger partial charge is 0.475 e. The molecule has 1 spiro atoms. The van der Waals surface area contributed by atoms with Gasteiger partial charge in [-0.1, -0.05) is 38.1 Å². The van der Waals surface area contributed by atoms with E-state index >= 15 is 0 Å². The zero-order chi connectivity index (χ0) is 40.1. The Hall–Kier alpha value is -4.40. The van der Waals surface area contributed by atoms with Gasteiger partial charge in [0.25, 0.3) is 15.9 Å². The van der Waals surface area contributed by atoms with E-state index in [1.807, 2.05) is 32.0 Å². The van der Waals surface area contributed by atoms with E-state index < -0.39 is 57.7 Å². The van der Waals surface area contributed by atoms with Gasteiger partial charge in [-0.25, -0.2) is 22.9 Å². The Balaban J connectivity index is 1.33. The number of nitrogens with one attached hydrogen (secondary N) is 2. The summed E-state index contributed by atoms with van der Waals surface area (Å²) in [5, 5.41) is 2.89. The maximum Gasteiger partial charge on any atom is 0.407 e. The molecule has 3 aliphatic rings. The Morgan fingerprint density at radius 2 is 1.64 bits per heavy atom. The summed E-state index contributed by atoms with van der Waals surface area (Å²) in [5.41, 5.74) is 0.710. The number of alkyl halides is 3. The average molecular weight is 786 g/mol. The van der Waals surface area contributed by atoms with Crippen LogP contribution in [0, 0.1) is 24.7 Å². The molecular weight excluding hydrogens is 736 g/mol. The summed E-state index contributed by atoms with van der Waals surface area (Å²) in [6.45, 7) is 11.2. The van der Waals surface area contributed by atoms with Gasteiger partial charge in [0.1, 0.15) is 12.2 Å². The van der Waals surface area contributed by atoms with E-state index in [1.54, 1.807) is 26.8 Å². The van der Waals surface area contributed by atoms with Crippen molar-refractivity contribution < 1.29 is 40.7 Å². The second kappa shape index (κ2) is 14.6. The number of amides is 2. The Kier molecular flexibility index (Phi) is 10.7. The highest BCUT2D eigenvalue weighted by Gasteiger charge is 2.57. The SMILES string of the molecule is Cc1cccc(C)c1CCc1cc2nc(n1)NS(=O)(=O)c1cccc(c1)C(=O)N(C1CC3(CC(NC(=O)OC(C)(C)C)C3)C1)[C@H](CC(C)(C)C(F)(F)F)CO2. The normalized spacial score (nSPS) is 23.9. The van der Waals surface area contributed by atoms with Crippen LogP contribution >= 0.6 is 0 Å². The molecule has 3 aromatic rings. The fraction of sp³-hybridized carbons (Fsp3) is 0.550. The smallest absolute Gasteiger partial charge is 0.407 e.